The van der Waals surface area contributed by atoms with Crippen LogP contribution in [0.4, 0.5) is 0 Å². The van der Waals surface area contributed by atoms with Crippen molar-refractivity contribution in [3.63, 3.8) is 0 Å². The van der Waals surface area contributed by atoms with E-state index in [0.717, 1.165) is 70.6 Å². The zero-order chi connectivity index (χ0) is 43.5. The predicted molar refractivity (Wildman–Crippen MR) is 244 cm³/mol. The van der Waals surface area contributed by atoms with E-state index in [9.17, 15) is 19.5 Å². The van der Waals surface area contributed by atoms with Crippen molar-refractivity contribution < 1.29 is 42.9 Å². The Labute approximate surface area is 362 Å². The highest BCUT2D eigenvalue weighted by Gasteiger charge is 2.25. The first-order valence-electron chi connectivity index (χ1n) is 23.8. The average Bonchev–Trinajstić information content (AvgIpc) is 3.19. The average molecular weight is 833 g/mol. The SMILES string of the molecule is CC/C=C\C/C=C\C/C=C\C/C=C\CCCCCCCCCCCCC(=O)OC(COC(=O)CCCCCCCCCCCCC)COC(OCC[N+](C)(C)C)C(=O)O. The van der Waals surface area contributed by atoms with E-state index in [1.807, 2.05) is 21.1 Å². The summed E-state index contributed by atoms with van der Waals surface area (Å²) in [6.07, 6.45) is 46.0. The van der Waals surface area contributed by atoms with Gasteiger partial charge in [-0.05, 0) is 51.4 Å². The number of aliphatic carboxylic acids is 1. The third-order valence-corrected chi connectivity index (χ3v) is 10.1. The molecule has 2 unspecified atom stereocenters. The molecule has 0 aliphatic rings. The summed E-state index contributed by atoms with van der Waals surface area (Å²) in [5.74, 6) is -2.01. The van der Waals surface area contributed by atoms with Crippen LogP contribution in [0.1, 0.15) is 194 Å². The number of carbonyl (C=O) groups is 3. The van der Waals surface area contributed by atoms with Crippen molar-refractivity contribution >= 4 is 17.9 Å². The molecule has 0 saturated heterocycles. The van der Waals surface area contributed by atoms with Crippen LogP contribution >= 0.6 is 0 Å². The number of quaternary nitrogens is 1. The number of esters is 2. The molecule has 59 heavy (non-hydrogen) atoms. The van der Waals surface area contributed by atoms with Gasteiger partial charge in [-0.25, -0.2) is 4.79 Å². The summed E-state index contributed by atoms with van der Waals surface area (Å²) in [5.41, 5.74) is 0. The van der Waals surface area contributed by atoms with Gasteiger partial charge < -0.3 is 28.5 Å². The number of likely N-dealkylation sites (N-methyl/N-ethyl adjacent to an activating group) is 1. The minimum absolute atomic E-state index is 0.182. The quantitative estimate of drug-likeness (QED) is 0.0213. The van der Waals surface area contributed by atoms with Crippen LogP contribution < -0.4 is 0 Å². The lowest BCUT2D eigenvalue weighted by molar-refractivity contribution is -0.870. The normalized spacial score (nSPS) is 13.3. The Hall–Kier alpha value is -2.75. The summed E-state index contributed by atoms with van der Waals surface area (Å²) < 4.78 is 22.7. The van der Waals surface area contributed by atoms with E-state index in [4.69, 9.17) is 18.9 Å². The molecular formula is C50H90NO8+. The first-order chi connectivity index (χ1) is 28.6. The molecule has 0 heterocycles. The highest BCUT2D eigenvalue weighted by molar-refractivity contribution is 5.71. The summed E-state index contributed by atoms with van der Waals surface area (Å²) in [6, 6.07) is 0. The van der Waals surface area contributed by atoms with E-state index >= 15 is 0 Å². The van der Waals surface area contributed by atoms with Crippen molar-refractivity contribution in [2.45, 2.75) is 206 Å². The fraction of sp³-hybridized carbons (Fsp3) is 0.780. The van der Waals surface area contributed by atoms with Crippen LogP contribution in [0.15, 0.2) is 48.6 Å². The van der Waals surface area contributed by atoms with Gasteiger partial charge in [-0.2, -0.15) is 0 Å². The molecule has 0 spiro atoms. The number of carbonyl (C=O) groups excluding carboxylic acids is 2. The van der Waals surface area contributed by atoms with Gasteiger partial charge in [0.25, 0.3) is 6.29 Å². The van der Waals surface area contributed by atoms with E-state index in [0.29, 0.717) is 23.9 Å². The number of carboxylic acids is 1. The molecule has 9 heteroatoms. The number of carboxylic acid groups (broad SMARTS) is 1. The van der Waals surface area contributed by atoms with Crippen LogP contribution in [0.2, 0.25) is 0 Å². The van der Waals surface area contributed by atoms with Crippen LogP contribution in [0, 0.1) is 0 Å². The van der Waals surface area contributed by atoms with Gasteiger partial charge in [0.05, 0.1) is 34.4 Å². The maximum absolute atomic E-state index is 12.8. The minimum atomic E-state index is -1.51. The molecule has 0 radical (unpaired) electrons. The van der Waals surface area contributed by atoms with Gasteiger partial charge in [0.1, 0.15) is 13.2 Å². The number of rotatable bonds is 43. The van der Waals surface area contributed by atoms with Crippen molar-refractivity contribution in [2.75, 3.05) is 47.5 Å². The Bertz CT molecular complexity index is 1110. The lowest BCUT2D eigenvalue weighted by Gasteiger charge is -2.25. The van der Waals surface area contributed by atoms with Gasteiger partial charge in [0.15, 0.2) is 6.10 Å². The van der Waals surface area contributed by atoms with E-state index in [2.05, 4.69) is 62.5 Å². The molecule has 0 aliphatic heterocycles. The second-order valence-electron chi connectivity index (χ2n) is 17.0. The smallest absolute Gasteiger partial charge is 0.361 e. The monoisotopic (exact) mass is 833 g/mol. The molecule has 0 amide bonds. The van der Waals surface area contributed by atoms with Crippen LogP contribution in [0.5, 0.6) is 0 Å². The van der Waals surface area contributed by atoms with E-state index in [1.54, 1.807) is 0 Å². The van der Waals surface area contributed by atoms with Crippen LogP contribution in [0.25, 0.3) is 0 Å². The molecule has 0 aromatic rings. The minimum Gasteiger partial charge on any atom is -0.477 e. The Balaban J connectivity index is 4.32. The predicted octanol–water partition coefficient (Wildman–Crippen LogP) is 12.8. The van der Waals surface area contributed by atoms with Crippen LogP contribution in [-0.2, 0) is 33.3 Å². The molecule has 0 aliphatic carbocycles. The van der Waals surface area contributed by atoms with Crippen molar-refractivity contribution in [3.05, 3.63) is 48.6 Å². The van der Waals surface area contributed by atoms with Gasteiger partial charge in [0.2, 0.25) is 0 Å². The Morgan fingerprint density at radius 1 is 0.525 bits per heavy atom. The van der Waals surface area contributed by atoms with Crippen molar-refractivity contribution in [3.8, 4) is 0 Å². The molecule has 0 bridgehead atoms. The first kappa shape index (κ1) is 56.2. The van der Waals surface area contributed by atoms with Crippen molar-refractivity contribution in [2.24, 2.45) is 0 Å². The maximum atomic E-state index is 12.8. The molecule has 342 valence electrons. The molecule has 0 fully saturated rings. The summed E-state index contributed by atoms with van der Waals surface area (Å²) >= 11 is 0. The number of hydrogen-bond acceptors (Lipinski definition) is 7. The van der Waals surface area contributed by atoms with Gasteiger partial charge in [-0.15, -0.1) is 0 Å². The molecular weight excluding hydrogens is 743 g/mol. The number of nitrogens with zero attached hydrogens (tertiary/aromatic N) is 1. The zero-order valence-electron chi connectivity index (χ0n) is 38.7. The van der Waals surface area contributed by atoms with E-state index < -0.39 is 24.3 Å². The molecule has 0 aromatic heterocycles. The number of unbranched alkanes of at least 4 members (excludes halogenated alkanes) is 20. The highest BCUT2D eigenvalue weighted by Crippen LogP contribution is 2.15. The second-order valence-corrected chi connectivity index (χ2v) is 17.0. The summed E-state index contributed by atoms with van der Waals surface area (Å²) in [7, 11) is 5.95. The molecule has 9 nitrogen and oxygen atoms in total. The first-order valence-corrected chi connectivity index (χ1v) is 23.8. The number of allylic oxidation sites excluding steroid dienone is 8. The standard InChI is InChI=1S/C50H89NO8/c1-6-8-10-12-14-16-18-19-20-21-22-23-24-25-26-27-28-29-31-33-35-37-39-41-48(53)59-46(45-58-50(49(54)55)56-43-42-51(3,4)5)44-57-47(52)40-38-36-34-32-30-17-15-13-11-9-7-2/h8,10,14,16,19-20,22-23,46,50H,6-7,9,11-13,15,17-18,21,24-45H2,1-5H3/p+1/b10-8-,16-14-,20-19-,23-22-. The molecule has 0 saturated carbocycles. The van der Waals surface area contributed by atoms with Gasteiger partial charge in [0, 0.05) is 12.8 Å². The highest BCUT2D eigenvalue weighted by atomic mass is 16.7. The number of hydrogen-bond donors (Lipinski definition) is 1. The largest absolute Gasteiger partial charge is 0.477 e. The van der Waals surface area contributed by atoms with Gasteiger partial charge >= 0.3 is 17.9 Å². The van der Waals surface area contributed by atoms with Crippen molar-refractivity contribution in [1.82, 2.24) is 0 Å². The zero-order valence-corrected chi connectivity index (χ0v) is 38.7. The Kier molecular flexibility index (Phi) is 40.0. The third-order valence-electron chi connectivity index (χ3n) is 10.1. The van der Waals surface area contributed by atoms with E-state index in [1.165, 1.54) is 89.9 Å². The molecule has 2 atom stereocenters. The fourth-order valence-corrected chi connectivity index (χ4v) is 6.41. The molecule has 1 N–H and O–H groups in total. The number of ether oxygens (including phenoxy) is 4. The summed E-state index contributed by atoms with van der Waals surface area (Å²) in [5, 5.41) is 9.64. The maximum Gasteiger partial charge on any atom is 0.361 e. The summed E-state index contributed by atoms with van der Waals surface area (Å²) in [6.45, 7) is 4.75. The van der Waals surface area contributed by atoms with Crippen molar-refractivity contribution in [1.29, 1.82) is 0 Å². The Morgan fingerprint density at radius 3 is 1.44 bits per heavy atom. The fourth-order valence-electron chi connectivity index (χ4n) is 6.41. The second kappa shape index (κ2) is 42.0. The topological polar surface area (TPSA) is 108 Å². The van der Waals surface area contributed by atoms with E-state index in [-0.39, 0.29) is 32.2 Å². The van der Waals surface area contributed by atoms with Crippen LogP contribution in [0.3, 0.4) is 0 Å². The molecule has 0 rings (SSSR count). The Morgan fingerprint density at radius 2 is 0.966 bits per heavy atom. The lowest BCUT2D eigenvalue weighted by Crippen LogP contribution is -2.40. The third kappa shape index (κ3) is 43.2. The van der Waals surface area contributed by atoms with Crippen LogP contribution in [-0.4, -0.2) is 87.4 Å². The van der Waals surface area contributed by atoms with Gasteiger partial charge in [-0.3, -0.25) is 9.59 Å². The van der Waals surface area contributed by atoms with Gasteiger partial charge in [-0.1, -0.05) is 178 Å². The summed E-state index contributed by atoms with van der Waals surface area (Å²) in [4.78, 5) is 37.1. The molecule has 0 aromatic carbocycles. The lowest BCUT2D eigenvalue weighted by atomic mass is 10.0.